The molecule has 102 valence electrons. The van der Waals surface area contributed by atoms with Gasteiger partial charge in [-0.25, -0.2) is 9.59 Å². The van der Waals surface area contributed by atoms with Crippen LogP contribution in [-0.4, -0.2) is 65.8 Å². The maximum atomic E-state index is 11.9. The molecule has 0 aromatic rings. The van der Waals surface area contributed by atoms with E-state index in [9.17, 15) is 9.59 Å². The molecule has 6 nitrogen and oxygen atoms in total. The number of amides is 2. The van der Waals surface area contributed by atoms with Gasteiger partial charge in [0.2, 0.25) is 0 Å². The van der Waals surface area contributed by atoms with Crippen molar-refractivity contribution >= 4 is 12.0 Å². The van der Waals surface area contributed by atoms with Crippen LogP contribution in [-0.2, 0) is 9.53 Å². The zero-order valence-corrected chi connectivity index (χ0v) is 11.1. The summed E-state index contributed by atoms with van der Waals surface area (Å²) in [6.45, 7) is 8.44. The molecule has 1 saturated heterocycles. The summed E-state index contributed by atoms with van der Waals surface area (Å²) in [5.74, 6) is -1.000. The number of carboxylic acid groups (broad SMARTS) is 1. The average Bonchev–Trinajstić information content (AvgIpc) is 2.20. The Labute approximate surface area is 107 Å². The highest BCUT2D eigenvalue weighted by Gasteiger charge is 2.43. The second-order valence-electron chi connectivity index (χ2n) is 5.08. The van der Waals surface area contributed by atoms with Crippen LogP contribution in [0.3, 0.4) is 0 Å². The lowest BCUT2D eigenvalue weighted by Gasteiger charge is -2.48. The molecule has 1 rings (SSSR count). The fourth-order valence-electron chi connectivity index (χ4n) is 1.94. The first-order valence-electron chi connectivity index (χ1n) is 5.74. The van der Waals surface area contributed by atoms with E-state index in [4.69, 9.17) is 9.84 Å². The smallest absolute Gasteiger partial charge is 0.329 e. The predicted molar refractivity (Wildman–Crippen MR) is 66.4 cm³/mol. The number of carboxylic acids is 1. The van der Waals surface area contributed by atoms with Gasteiger partial charge in [0.15, 0.2) is 0 Å². The molecule has 0 spiro atoms. The summed E-state index contributed by atoms with van der Waals surface area (Å²) in [5.41, 5.74) is 0.370. The normalized spacial score (nSPS) is 16.9. The van der Waals surface area contributed by atoms with Crippen molar-refractivity contribution in [1.82, 2.24) is 9.80 Å². The van der Waals surface area contributed by atoms with E-state index in [-0.39, 0.29) is 12.6 Å². The maximum absolute atomic E-state index is 11.9. The van der Waals surface area contributed by atoms with Crippen molar-refractivity contribution in [3.8, 4) is 0 Å². The second-order valence-corrected chi connectivity index (χ2v) is 5.08. The molecule has 1 fully saturated rings. The molecule has 0 aromatic carbocycles. The van der Waals surface area contributed by atoms with Crippen molar-refractivity contribution in [3.05, 3.63) is 12.2 Å². The van der Waals surface area contributed by atoms with E-state index in [1.165, 1.54) is 0 Å². The second kappa shape index (κ2) is 5.39. The molecule has 1 aliphatic rings. The quantitative estimate of drug-likeness (QED) is 0.738. The third kappa shape index (κ3) is 3.73. The number of carbonyl (C=O) groups is 2. The van der Waals surface area contributed by atoms with Crippen molar-refractivity contribution < 1.29 is 19.4 Å². The van der Waals surface area contributed by atoms with Crippen LogP contribution >= 0.6 is 0 Å². The number of likely N-dealkylation sites (N-methyl/N-ethyl adjacent to an activating group) is 1. The average molecular weight is 256 g/mol. The molecule has 0 aromatic heterocycles. The molecule has 0 aliphatic carbocycles. The summed E-state index contributed by atoms with van der Waals surface area (Å²) < 4.78 is 5.24. The van der Waals surface area contributed by atoms with Crippen LogP contribution in [0.15, 0.2) is 12.2 Å². The summed E-state index contributed by atoms with van der Waals surface area (Å²) in [4.78, 5) is 25.5. The zero-order valence-electron chi connectivity index (χ0n) is 11.1. The van der Waals surface area contributed by atoms with Gasteiger partial charge in [0.25, 0.3) is 0 Å². The number of carbonyl (C=O) groups excluding carboxylic acids is 1. The molecule has 6 heteroatoms. The number of aliphatic carboxylic acids is 1. The molecule has 1 aliphatic heterocycles. The van der Waals surface area contributed by atoms with Crippen LogP contribution in [0.1, 0.15) is 13.8 Å². The Bertz CT molecular complexity index is 361. The van der Waals surface area contributed by atoms with Gasteiger partial charge in [-0.3, -0.25) is 0 Å². The largest absolute Gasteiger partial charge is 0.480 e. The number of hydrogen-bond acceptors (Lipinski definition) is 3. The standard InChI is InChI=1S/C12H20N2O4/c1-9(2)5-13(4)11(17)14-7-12(3,8-14)18-6-10(15)16/h1,5-8H2,2-4H3,(H,15,16). The first-order valence-corrected chi connectivity index (χ1v) is 5.74. The summed E-state index contributed by atoms with van der Waals surface area (Å²) >= 11 is 0. The van der Waals surface area contributed by atoms with Gasteiger partial charge in [0, 0.05) is 13.6 Å². The van der Waals surface area contributed by atoms with Gasteiger partial charge in [-0.1, -0.05) is 12.2 Å². The Morgan fingerprint density at radius 3 is 2.50 bits per heavy atom. The van der Waals surface area contributed by atoms with Crippen LogP contribution in [0.5, 0.6) is 0 Å². The van der Waals surface area contributed by atoms with Crippen molar-refractivity contribution in [3.63, 3.8) is 0 Å². The Hall–Kier alpha value is -1.56. The molecule has 1 N–H and O–H groups in total. The van der Waals surface area contributed by atoms with Crippen molar-refractivity contribution in [2.24, 2.45) is 0 Å². The minimum atomic E-state index is -1.000. The van der Waals surface area contributed by atoms with Gasteiger partial charge >= 0.3 is 12.0 Å². The summed E-state index contributed by atoms with van der Waals surface area (Å²) in [6.07, 6.45) is 0. The van der Waals surface area contributed by atoms with E-state index in [2.05, 4.69) is 6.58 Å². The molecule has 2 amide bonds. The summed E-state index contributed by atoms with van der Waals surface area (Å²) in [7, 11) is 1.71. The van der Waals surface area contributed by atoms with E-state index in [1.807, 2.05) is 6.92 Å². The number of nitrogens with zero attached hydrogens (tertiary/aromatic N) is 2. The Kier molecular flexibility index (Phi) is 4.34. The molecule has 1 heterocycles. The third-order valence-electron chi connectivity index (χ3n) is 2.70. The van der Waals surface area contributed by atoms with Crippen molar-refractivity contribution in [2.75, 3.05) is 33.3 Å². The molecule has 18 heavy (non-hydrogen) atoms. The monoisotopic (exact) mass is 256 g/mol. The van der Waals surface area contributed by atoms with Crippen LogP contribution in [0.25, 0.3) is 0 Å². The van der Waals surface area contributed by atoms with E-state index in [1.54, 1.807) is 23.8 Å². The molecule has 0 unspecified atom stereocenters. The van der Waals surface area contributed by atoms with Gasteiger partial charge in [0.1, 0.15) is 12.2 Å². The fourth-order valence-corrected chi connectivity index (χ4v) is 1.94. The van der Waals surface area contributed by atoms with Gasteiger partial charge in [-0.2, -0.15) is 0 Å². The lowest BCUT2D eigenvalue weighted by molar-refractivity contribution is -0.160. The molecule has 0 bridgehead atoms. The Morgan fingerprint density at radius 1 is 1.50 bits per heavy atom. The molecule has 0 saturated carbocycles. The number of rotatable bonds is 5. The van der Waals surface area contributed by atoms with E-state index >= 15 is 0 Å². The zero-order chi connectivity index (χ0) is 13.9. The SMILES string of the molecule is C=C(C)CN(C)C(=O)N1CC(C)(OCC(=O)O)C1. The van der Waals surface area contributed by atoms with Gasteiger partial charge in [0.05, 0.1) is 13.1 Å². The first-order chi connectivity index (χ1) is 8.23. The van der Waals surface area contributed by atoms with Crippen LogP contribution in [0.4, 0.5) is 4.79 Å². The minimum Gasteiger partial charge on any atom is -0.480 e. The highest BCUT2D eigenvalue weighted by atomic mass is 16.5. The highest BCUT2D eigenvalue weighted by molar-refractivity contribution is 5.75. The van der Waals surface area contributed by atoms with Crippen molar-refractivity contribution in [2.45, 2.75) is 19.4 Å². The van der Waals surface area contributed by atoms with E-state index in [0.717, 1.165) is 5.57 Å². The summed E-state index contributed by atoms with van der Waals surface area (Å²) in [5, 5.41) is 8.54. The van der Waals surface area contributed by atoms with Crippen LogP contribution < -0.4 is 0 Å². The summed E-state index contributed by atoms with van der Waals surface area (Å²) in [6, 6.07) is -0.0885. The minimum absolute atomic E-state index is 0.0885. The number of ether oxygens (including phenoxy) is 1. The third-order valence-corrected chi connectivity index (χ3v) is 2.70. The first kappa shape index (κ1) is 14.5. The van der Waals surface area contributed by atoms with Gasteiger partial charge < -0.3 is 19.6 Å². The molecule has 0 radical (unpaired) electrons. The van der Waals surface area contributed by atoms with Crippen LogP contribution in [0, 0.1) is 0 Å². The predicted octanol–water partition coefficient (Wildman–Crippen LogP) is 0.790. The topological polar surface area (TPSA) is 70.1 Å². The Balaban J connectivity index is 2.38. The van der Waals surface area contributed by atoms with Crippen molar-refractivity contribution in [1.29, 1.82) is 0 Å². The van der Waals surface area contributed by atoms with Crippen LogP contribution in [0.2, 0.25) is 0 Å². The molecule has 0 atom stereocenters. The van der Waals surface area contributed by atoms with E-state index < -0.39 is 11.6 Å². The maximum Gasteiger partial charge on any atom is 0.329 e. The van der Waals surface area contributed by atoms with E-state index in [0.29, 0.717) is 19.6 Å². The molecular formula is C12H20N2O4. The number of hydrogen-bond donors (Lipinski definition) is 1. The lowest BCUT2D eigenvalue weighted by Crippen LogP contribution is -2.65. The Morgan fingerprint density at radius 2 is 2.06 bits per heavy atom. The molecular weight excluding hydrogens is 236 g/mol. The van der Waals surface area contributed by atoms with Gasteiger partial charge in [-0.15, -0.1) is 0 Å². The van der Waals surface area contributed by atoms with Gasteiger partial charge in [-0.05, 0) is 13.8 Å². The fraction of sp³-hybridized carbons (Fsp3) is 0.667. The lowest BCUT2D eigenvalue weighted by atomic mass is 9.97. The number of likely N-dealkylation sites (tertiary alicyclic amines) is 1. The number of urea groups is 1. The highest BCUT2D eigenvalue weighted by Crippen LogP contribution is 2.25.